The van der Waals surface area contributed by atoms with Gasteiger partial charge in [0.1, 0.15) is 11.3 Å². The molecule has 3 aromatic rings. The van der Waals surface area contributed by atoms with Gasteiger partial charge in [0.05, 0.1) is 13.7 Å². The van der Waals surface area contributed by atoms with E-state index in [1.807, 2.05) is 6.92 Å². The highest BCUT2D eigenvalue weighted by atomic mass is 19.2. The third-order valence-electron chi connectivity index (χ3n) is 4.65. The van der Waals surface area contributed by atoms with E-state index >= 15 is 0 Å². The number of hydrogen-bond acceptors (Lipinski definition) is 5. The number of aryl methyl sites for hydroxylation is 2. The van der Waals surface area contributed by atoms with Crippen LogP contribution < -0.4 is 21.3 Å². The van der Waals surface area contributed by atoms with Crippen LogP contribution in [0.15, 0.2) is 35.3 Å². The number of nitrogens with zero attached hydrogens (tertiary/aromatic N) is 2. The Balaban J connectivity index is 2.10. The van der Waals surface area contributed by atoms with Crippen molar-refractivity contribution in [3.8, 4) is 5.75 Å². The summed E-state index contributed by atoms with van der Waals surface area (Å²) in [6, 6.07) is 5.17. The van der Waals surface area contributed by atoms with Crippen molar-refractivity contribution in [2.75, 3.05) is 12.4 Å². The van der Waals surface area contributed by atoms with E-state index < -0.39 is 34.5 Å². The van der Waals surface area contributed by atoms with E-state index in [2.05, 4.69) is 10.3 Å². The quantitative estimate of drug-likeness (QED) is 0.583. The molecule has 0 atom stereocenters. The van der Waals surface area contributed by atoms with E-state index in [0.29, 0.717) is 11.4 Å². The Morgan fingerprint density at radius 1 is 1.13 bits per heavy atom. The van der Waals surface area contributed by atoms with Gasteiger partial charge in [-0.3, -0.25) is 9.59 Å². The second-order valence-electron chi connectivity index (χ2n) is 6.91. The van der Waals surface area contributed by atoms with Gasteiger partial charge in [-0.05, 0) is 54.8 Å². The highest BCUT2D eigenvalue weighted by molar-refractivity contribution is 5.92. The molecule has 0 aliphatic rings. The van der Waals surface area contributed by atoms with Crippen molar-refractivity contribution < 1.29 is 22.7 Å². The molecule has 0 bridgehead atoms. The molecule has 1 heterocycles. The number of nitrogens with one attached hydrogen (secondary N) is 1. The first-order valence-electron chi connectivity index (χ1n) is 9.07. The Hall–Kier alpha value is -3.82. The molecule has 0 aliphatic carbocycles. The van der Waals surface area contributed by atoms with E-state index in [0.717, 1.165) is 29.5 Å². The van der Waals surface area contributed by atoms with Gasteiger partial charge < -0.3 is 20.4 Å². The van der Waals surface area contributed by atoms with Crippen LogP contribution in [-0.4, -0.2) is 22.6 Å². The number of methoxy groups -OCH3 is 1. The van der Waals surface area contributed by atoms with Crippen molar-refractivity contribution in [3.63, 3.8) is 0 Å². The molecule has 1 aromatic heterocycles. The summed E-state index contributed by atoms with van der Waals surface area (Å²) in [6.07, 6.45) is 1.13. The van der Waals surface area contributed by atoms with Crippen LogP contribution in [0.3, 0.4) is 0 Å². The van der Waals surface area contributed by atoms with Gasteiger partial charge in [0.15, 0.2) is 17.5 Å². The SMILES string of the molecule is COc1cc(C)c(Nc2nc(=O)c(C(N)=O)cn2Cc2cc(F)c(F)c(F)c2)cc1C. The highest BCUT2D eigenvalue weighted by Gasteiger charge is 2.16. The first-order valence-corrected chi connectivity index (χ1v) is 9.07. The van der Waals surface area contributed by atoms with Crippen LogP contribution in [0.2, 0.25) is 0 Å². The van der Waals surface area contributed by atoms with Crippen LogP contribution >= 0.6 is 0 Å². The lowest BCUT2D eigenvalue weighted by atomic mass is 10.1. The first kappa shape index (κ1) is 21.9. The van der Waals surface area contributed by atoms with E-state index in [4.69, 9.17) is 10.5 Å². The van der Waals surface area contributed by atoms with Crippen molar-refractivity contribution in [3.05, 3.63) is 80.5 Å². The summed E-state index contributed by atoms with van der Waals surface area (Å²) >= 11 is 0. The van der Waals surface area contributed by atoms with Crippen LogP contribution in [0.4, 0.5) is 24.8 Å². The van der Waals surface area contributed by atoms with Gasteiger partial charge >= 0.3 is 0 Å². The number of anilines is 2. The van der Waals surface area contributed by atoms with Crippen LogP contribution in [-0.2, 0) is 6.54 Å². The monoisotopic (exact) mass is 432 g/mol. The lowest BCUT2D eigenvalue weighted by molar-refractivity contribution is 0.0998. The van der Waals surface area contributed by atoms with Gasteiger partial charge in [0.25, 0.3) is 11.5 Å². The normalized spacial score (nSPS) is 10.8. The molecule has 0 aliphatic heterocycles. The summed E-state index contributed by atoms with van der Waals surface area (Å²) in [5.74, 6) is -4.68. The maximum atomic E-state index is 13.6. The number of carbonyl (C=O) groups excluding carboxylic acids is 1. The van der Waals surface area contributed by atoms with E-state index in [-0.39, 0.29) is 18.1 Å². The number of aromatic nitrogens is 2. The van der Waals surface area contributed by atoms with Crippen molar-refractivity contribution in [2.24, 2.45) is 5.73 Å². The van der Waals surface area contributed by atoms with Crippen LogP contribution in [0.1, 0.15) is 27.0 Å². The van der Waals surface area contributed by atoms with Crippen molar-refractivity contribution >= 4 is 17.5 Å². The minimum absolute atomic E-state index is 0.00666. The molecule has 1 amide bonds. The Bertz CT molecular complexity index is 1220. The number of halogens is 3. The molecule has 2 aromatic carbocycles. The molecule has 3 rings (SSSR count). The fourth-order valence-corrected chi connectivity index (χ4v) is 3.04. The molecule has 0 unspecified atom stereocenters. The number of nitrogens with two attached hydrogens (primary N) is 1. The predicted molar refractivity (Wildman–Crippen MR) is 108 cm³/mol. The van der Waals surface area contributed by atoms with Gasteiger partial charge in [-0.2, -0.15) is 4.98 Å². The van der Waals surface area contributed by atoms with Crippen LogP contribution in [0.25, 0.3) is 0 Å². The summed E-state index contributed by atoms with van der Waals surface area (Å²) in [5, 5.41) is 2.98. The average molecular weight is 432 g/mol. The first-order chi connectivity index (χ1) is 14.6. The number of amides is 1. The lowest BCUT2D eigenvalue weighted by Crippen LogP contribution is -2.27. The maximum absolute atomic E-state index is 13.6. The fourth-order valence-electron chi connectivity index (χ4n) is 3.04. The molecule has 0 fully saturated rings. The zero-order valence-corrected chi connectivity index (χ0v) is 16.9. The molecular weight excluding hydrogens is 413 g/mol. The fraction of sp³-hybridized carbons (Fsp3) is 0.190. The van der Waals surface area contributed by atoms with E-state index in [1.54, 1.807) is 19.1 Å². The second-order valence-corrected chi connectivity index (χ2v) is 6.91. The molecule has 0 saturated heterocycles. The minimum atomic E-state index is -1.60. The zero-order chi connectivity index (χ0) is 22.9. The number of ether oxygens (including phenoxy) is 1. The van der Waals surface area contributed by atoms with Gasteiger partial charge in [-0.25, -0.2) is 13.2 Å². The number of primary amides is 1. The smallest absolute Gasteiger partial charge is 0.287 e. The maximum Gasteiger partial charge on any atom is 0.287 e. The largest absolute Gasteiger partial charge is 0.496 e. The molecule has 0 radical (unpaired) electrons. The van der Waals surface area contributed by atoms with Gasteiger partial charge in [-0.1, -0.05) is 0 Å². The van der Waals surface area contributed by atoms with Crippen LogP contribution in [0.5, 0.6) is 5.75 Å². The van der Waals surface area contributed by atoms with Crippen molar-refractivity contribution in [1.29, 1.82) is 0 Å². The molecule has 10 heteroatoms. The highest BCUT2D eigenvalue weighted by Crippen LogP contribution is 2.28. The average Bonchev–Trinajstić information content (AvgIpc) is 2.70. The third kappa shape index (κ3) is 4.52. The van der Waals surface area contributed by atoms with Gasteiger partial charge in [0, 0.05) is 11.9 Å². The second kappa shape index (κ2) is 8.50. The number of benzene rings is 2. The van der Waals surface area contributed by atoms with E-state index in [1.165, 1.54) is 11.7 Å². The van der Waals surface area contributed by atoms with Crippen molar-refractivity contribution in [2.45, 2.75) is 20.4 Å². The standard InChI is InChI=1S/C21H19F3N4O3/c1-10-5-17(31-3)11(2)4-16(10)26-21-27-20(30)13(19(25)29)9-28(21)8-12-6-14(22)18(24)15(23)7-12/h4-7,9H,8H2,1-3H3,(H2,25,29)(H,26,27,30). The molecule has 162 valence electrons. The Labute approximate surface area is 175 Å². The zero-order valence-electron chi connectivity index (χ0n) is 16.9. The number of carbonyl (C=O) groups is 1. The topological polar surface area (TPSA) is 99.2 Å². The number of hydrogen-bond donors (Lipinski definition) is 2. The Morgan fingerprint density at radius 3 is 2.35 bits per heavy atom. The lowest BCUT2D eigenvalue weighted by Gasteiger charge is -2.17. The third-order valence-corrected chi connectivity index (χ3v) is 4.65. The van der Waals surface area contributed by atoms with Crippen molar-refractivity contribution in [1.82, 2.24) is 9.55 Å². The molecular formula is C21H19F3N4O3. The predicted octanol–water partition coefficient (Wildman–Crippen LogP) is 3.18. The summed E-state index contributed by atoms with van der Waals surface area (Å²) in [4.78, 5) is 27.7. The number of rotatable bonds is 6. The van der Waals surface area contributed by atoms with Gasteiger partial charge in [0.2, 0.25) is 5.95 Å². The summed E-state index contributed by atoms with van der Waals surface area (Å²) in [6.45, 7) is 3.40. The minimum Gasteiger partial charge on any atom is -0.496 e. The Morgan fingerprint density at radius 2 is 1.77 bits per heavy atom. The van der Waals surface area contributed by atoms with E-state index in [9.17, 15) is 22.8 Å². The Kier molecular flexibility index (Phi) is 6.00. The summed E-state index contributed by atoms with van der Waals surface area (Å²) in [5.41, 5.74) is 6.15. The van der Waals surface area contributed by atoms with Gasteiger partial charge in [-0.15, -0.1) is 0 Å². The summed E-state index contributed by atoms with van der Waals surface area (Å²) < 4.78 is 47.1. The molecule has 0 spiro atoms. The van der Waals surface area contributed by atoms with Crippen LogP contribution in [0, 0.1) is 31.3 Å². The molecule has 0 saturated carbocycles. The molecule has 3 N–H and O–H groups in total. The molecule has 7 nitrogen and oxygen atoms in total. The summed E-state index contributed by atoms with van der Waals surface area (Å²) in [7, 11) is 1.54. The molecule has 31 heavy (non-hydrogen) atoms.